The molecular formula is C20H33N5O5S. The molecule has 0 radical (unpaired) electrons. The van der Waals surface area contributed by atoms with Crippen molar-refractivity contribution in [2.24, 2.45) is 0 Å². The molecule has 2 N–H and O–H groups in total. The van der Waals surface area contributed by atoms with Crippen molar-refractivity contribution in [3.05, 3.63) is 11.8 Å². The van der Waals surface area contributed by atoms with Crippen LogP contribution in [0.25, 0.3) is 0 Å². The van der Waals surface area contributed by atoms with Crippen molar-refractivity contribution in [3.8, 4) is 0 Å². The maximum absolute atomic E-state index is 12.1. The summed E-state index contributed by atoms with van der Waals surface area (Å²) in [6.45, 7) is 13.0. The first-order valence-electron chi connectivity index (χ1n) is 10.4. The van der Waals surface area contributed by atoms with Gasteiger partial charge in [0.15, 0.2) is 5.82 Å². The van der Waals surface area contributed by atoms with Crippen LogP contribution in [-0.2, 0) is 14.3 Å². The molecule has 11 heteroatoms. The molecule has 1 atom stereocenters. The lowest BCUT2D eigenvalue weighted by Crippen LogP contribution is -2.51. The molecule has 3 amide bonds. The van der Waals surface area contributed by atoms with Crippen molar-refractivity contribution in [2.45, 2.75) is 45.5 Å². The number of piperazine rings is 1. The second-order valence-corrected chi connectivity index (χ2v) is 9.75. The molecule has 1 aromatic rings. The summed E-state index contributed by atoms with van der Waals surface area (Å²) in [6.07, 6.45) is -0.283. The van der Waals surface area contributed by atoms with Gasteiger partial charge in [-0.25, -0.2) is 4.79 Å². The molecule has 1 saturated heterocycles. The number of hydrogen-bond donors (Lipinski definition) is 2. The van der Waals surface area contributed by atoms with E-state index < -0.39 is 10.9 Å². The molecule has 0 aromatic carbocycles. The average Bonchev–Trinajstić information content (AvgIpc) is 3.09. The van der Waals surface area contributed by atoms with E-state index in [9.17, 15) is 14.4 Å². The van der Waals surface area contributed by atoms with Crippen LogP contribution in [0.15, 0.2) is 10.6 Å². The van der Waals surface area contributed by atoms with Gasteiger partial charge < -0.3 is 24.8 Å². The van der Waals surface area contributed by atoms with Crippen LogP contribution in [0, 0.1) is 6.92 Å². The Kier molecular flexibility index (Phi) is 9.17. The minimum atomic E-state index is -0.496. The van der Waals surface area contributed by atoms with Crippen LogP contribution < -0.4 is 10.6 Å². The third-order valence-corrected chi connectivity index (χ3v) is 5.63. The molecule has 2 rings (SSSR count). The van der Waals surface area contributed by atoms with Gasteiger partial charge in [0.25, 0.3) is 0 Å². The van der Waals surface area contributed by atoms with Gasteiger partial charge in [-0.1, -0.05) is 5.16 Å². The maximum atomic E-state index is 12.1. The van der Waals surface area contributed by atoms with Crippen molar-refractivity contribution >= 4 is 35.5 Å². The number of nitrogens with one attached hydrogen (secondary N) is 2. The molecule has 10 nitrogen and oxygen atoms in total. The number of anilines is 1. The molecule has 1 aliphatic heterocycles. The van der Waals surface area contributed by atoms with Crippen LogP contribution >= 0.6 is 11.8 Å². The Morgan fingerprint density at radius 3 is 2.52 bits per heavy atom. The number of rotatable bonds is 8. The molecule has 2 heterocycles. The minimum absolute atomic E-state index is 0.116. The van der Waals surface area contributed by atoms with Crippen LogP contribution in [0.4, 0.5) is 10.6 Å². The Bertz CT molecular complexity index is 755. The molecular weight excluding hydrogens is 422 g/mol. The number of hydrogen-bond acceptors (Lipinski definition) is 8. The monoisotopic (exact) mass is 455 g/mol. The quantitative estimate of drug-likeness (QED) is 0.608. The first kappa shape index (κ1) is 25.0. The Morgan fingerprint density at radius 2 is 1.94 bits per heavy atom. The van der Waals surface area contributed by atoms with Crippen molar-refractivity contribution in [1.29, 1.82) is 0 Å². The van der Waals surface area contributed by atoms with E-state index in [0.717, 1.165) is 13.1 Å². The Labute approximate surface area is 187 Å². The van der Waals surface area contributed by atoms with Gasteiger partial charge in [-0.3, -0.25) is 14.5 Å². The van der Waals surface area contributed by atoms with Crippen LogP contribution in [0.2, 0.25) is 0 Å². The predicted molar refractivity (Wildman–Crippen MR) is 119 cm³/mol. The summed E-state index contributed by atoms with van der Waals surface area (Å²) in [5.74, 6) is 0.828. The van der Waals surface area contributed by atoms with Gasteiger partial charge in [0.1, 0.15) is 11.4 Å². The second-order valence-electron chi connectivity index (χ2n) is 8.42. The zero-order chi connectivity index (χ0) is 23.0. The highest BCUT2D eigenvalue weighted by Crippen LogP contribution is 2.14. The summed E-state index contributed by atoms with van der Waals surface area (Å²) >= 11 is 1.26. The van der Waals surface area contributed by atoms with E-state index in [1.807, 2.05) is 20.8 Å². The highest BCUT2D eigenvalue weighted by molar-refractivity contribution is 8.01. The van der Waals surface area contributed by atoms with Crippen LogP contribution in [0.5, 0.6) is 0 Å². The van der Waals surface area contributed by atoms with Crippen LogP contribution in [-0.4, -0.2) is 88.7 Å². The highest BCUT2D eigenvalue weighted by atomic mass is 32.2. The van der Waals surface area contributed by atoms with Gasteiger partial charge in [0.05, 0.1) is 11.0 Å². The van der Waals surface area contributed by atoms with E-state index in [0.29, 0.717) is 37.8 Å². The summed E-state index contributed by atoms with van der Waals surface area (Å²) in [7, 11) is 0. The van der Waals surface area contributed by atoms with Gasteiger partial charge in [-0.15, -0.1) is 11.8 Å². The van der Waals surface area contributed by atoms with E-state index in [2.05, 4.69) is 20.7 Å². The first-order chi connectivity index (χ1) is 14.5. The summed E-state index contributed by atoms with van der Waals surface area (Å²) in [4.78, 5) is 40.2. The summed E-state index contributed by atoms with van der Waals surface area (Å²) < 4.78 is 10.3. The zero-order valence-electron chi connectivity index (χ0n) is 18.9. The van der Waals surface area contributed by atoms with Gasteiger partial charge in [0, 0.05) is 45.3 Å². The molecule has 0 aliphatic carbocycles. The second kappa shape index (κ2) is 11.4. The lowest BCUT2D eigenvalue weighted by molar-refractivity contribution is -0.118. The van der Waals surface area contributed by atoms with Crippen molar-refractivity contribution in [1.82, 2.24) is 20.3 Å². The van der Waals surface area contributed by atoms with Gasteiger partial charge in [-0.2, -0.15) is 0 Å². The number of amides is 3. The van der Waals surface area contributed by atoms with Gasteiger partial charge in [0.2, 0.25) is 11.8 Å². The molecule has 174 valence electrons. The highest BCUT2D eigenvalue weighted by Gasteiger charge is 2.25. The zero-order valence-corrected chi connectivity index (χ0v) is 19.7. The van der Waals surface area contributed by atoms with E-state index in [4.69, 9.17) is 9.26 Å². The fraction of sp³-hybridized carbons (Fsp3) is 0.700. The normalized spacial score (nSPS) is 16.0. The standard InChI is InChI=1S/C20H33N5O5S/c1-14-12-16(23-30-14)22-18(27)15(2)31-13-17(26)21-6-7-24-8-10-25(11-9-24)19(28)29-20(3,4)5/h12,15H,6-11,13H2,1-5H3,(H,21,26)(H,22,23,27). The fourth-order valence-electron chi connectivity index (χ4n) is 2.81. The molecule has 1 aliphatic rings. The maximum Gasteiger partial charge on any atom is 0.410 e. The third kappa shape index (κ3) is 9.18. The topological polar surface area (TPSA) is 117 Å². The summed E-state index contributed by atoms with van der Waals surface area (Å²) in [5.41, 5.74) is -0.496. The molecule has 0 spiro atoms. The fourth-order valence-corrected chi connectivity index (χ4v) is 3.53. The van der Waals surface area contributed by atoms with Gasteiger partial charge >= 0.3 is 6.09 Å². The Morgan fingerprint density at radius 1 is 1.26 bits per heavy atom. The molecule has 1 unspecified atom stereocenters. The molecule has 0 bridgehead atoms. The van der Waals surface area contributed by atoms with Crippen molar-refractivity contribution < 1.29 is 23.6 Å². The molecule has 31 heavy (non-hydrogen) atoms. The number of thioether (sulfide) groups is 1. The smallest absolute Gasteiger partial charge is 0.410 e. The lowest BCUT2D eigenvalue weighted by atomic mass is 10.2. The summed E-state index contributed by atoms with van der Waals surface area (Å²) in [6, 6.07) is 1.63. The molecule has 1 fully saturated rings. The number of ether oxygens (including phenoxy) is 1. The number of carbonyl (C=O) groups excluding carboxylic acids is 3. The van der Waals surface area contributed by atoms with Gasteiger partial charge in [-0.05, 0) is 34.6 Å². The lowest BCUT2D eigenvalue weighted by Gasteiger charge is -2.35. The number of nitrogens with zero attached hydrogens (tertiary/aromatic N) is 3. The third-order valence-electron chi connectivity index (χ3n) is 4.49. The predicted octanol–water partition coefficient (Wildman–Crippen LogP) is 1.71. The average molecular weight is 456 g/mol. The number of carbonyl (C=O) groups is 3. The largest absolute Gasteiger partial charge is 0.444 e. The molecule has 0 saturated carbocycles. The Hall–Kier alpha value is -2.27. The Balaban J connectivity index is 1.58. The van der Waals surface area contributed by atoms with Crippen molar-refractivity contribution in [2.75, 3.05) is 50.3 Å². The van der Waals surface area contributed by atoms with E-state index in [1.165, 1.54) is 11.8 Å². The van der Waals surface area contributed by atoms with Crippen LogP contribution in [0.1, 0.15) is 33.5 Å². The summed E-state index contributed by atoms with van der Waals surface area (Å²) in [5, 5.41) is 8.85. The van der Waals surface area contributed by atoms with E-state index in [-0.39, 0.29) is 23.7 Å². The SMILES string of the molecule is Cc1cc(NC(=O)C(C)SCC(=O)NCCN2CCN(C(=O)OC(C)(C)C)CC2)no1. The molecule has 1 aromatic heterocycles. The van der Waals surface area contributed by atoms with Crippen LogP contribution in [0.3, 0.4) is 0 Å². The number of aryl methyl sites for hydroxylation is 1. The number of aromatic nitrogens is 1. The first-order valence-corrected chi connectivity index (χ1v) is 11.4. The minimum Gasteiger partial charge on any atom is -0.444 e. The van der Waals surface area contributed by atoms with E-state index >= 15 is 0 Å². The van der Waals surface area contributed by atoms with Crippen molar-refractivity contribution in [3.63, 3.8) is 0 Å². The van der Waals surface area contributed by atoms with E-state index in [1.54, 1.807) is 24.8 Å².